The fraction of sp³-hybridized carbons (Fsp3) is 0.0667. The van der Waals surface area contributed by atoms with E-state index >= 15 is 0 Å². The number of benzene rings is 2. The van der Waals surface area contributed by atoms with Gasteiger partial charge >= 0.3 is 5.97 Å². The molecule has 2 aromatic rings. The summed E-state index contributed by atoms with van der Waals surface area (Å²) in [6.45, 7) is 0. The van der Waals surface area contributed by atoms with Crippen LogP contribution in [0.3, 0.4) is 0 Å². The molecule has 2 aromatic carbocycles. The Morgan fingerprint density at radius 2 is 1.83 bits per heavy atom. The third-order valence-electron chi connectivity index (χ3n) is 3.07. The van der Waals surface area contributed by atoms with Gasteiger partial charge in [0.25, 0.3) is 11.6 Å². The van der Waals surface area contributed by atoms with Gasteiger partial charge in [0.05, 0.1) is 4.92 Å². The molecule has 118 valence electrons. The fourth-order valence-electron chi connectivity index (χ4n) is 2.02. The largest absolute Gasteiger partial charge is 0.479 e. The Labute approximate surface area is 130 Å². The molecule has 1 amide bonds. The van der Waals surface area contributed by atoms with Crippen molar-refractivity contribution in [3.8, 4) is 0 Å². The van der Waals surface area contributed by atoms with Crippen LogP contribution in [-0.4, -0.2) is 21.9 Å². The van der Waals surface area contributed by atoms with Gasteiger partial charge in [0.15, 0.2) is 6.04 Å². The maximum Gasteiger partial charge on any atom is 0.330 e. The lowest BCUT2D eigenvalue weighted by Gasteiger charge is -2.15. The summed E-state index contributed by atoms with van der Waals surface area (Å²) in [7, 11) is 0. The van der Waals surface area contributed by atoms with Crippen LogP contribution in [0.4, 0.5) is 11.4 Å². The van der Waals surface area contributed by atoms with Crippen LogP contribution >= 0.6 is 0 Å². The molecule has 0 aromatic heterocycles. The van der Waals surface area contributed by atoms with Gasteiger partial charge in [0, 0.05) is 23.4 Å². The highest BCUT2D eigenvalue weighted by Gasteiger charge is 2.23. The minimum atomic E-state index is -1.27. The Hall–Kier alpha value is -3.42. The van der Waals surface area contributed by atoms with Crippen LogP contribution in [0, 0.1) is 10.1 Å². The lowest BCUT2D eigenvalue weighted by atomic mass is 10.1. The standard InChI is InChI=1S/C15H13N3O5/c16-11-6-10(7-12(8-11)18(22)23)14(19)17-13(15(20)21)9-4-2-1-3-5-9/h1-8,13H,16H2,(H,17,19)(H,20,21). The summed E-state index contributed by atoms with van der Waals surface area (Å²) < 4.78 is 0. The van der Waals surface area contributed by atoms with Gasteiger partial charge in [-0.15, -0.1) is 0 Å². The van der Waals surface area contributed by atoms with E-state index in [-0.39, 0.29) is 16.9 Å². The molecule has 0 saturated heterocycles. The molecule has 0 spiro atoms. The quantitative estimate of drug-likeness (QED) is 0.437. The molecule has 4 N–H and O–H groups in total. The van der Waals surface area contributed by atoms with E-state index in [4.69, 9.17) is 5.73 Å². The number of nitrogens with two attached hydrogens (primary N) is 1. The SMILES string of the molecule is Nc1cc(C(=O)NC(C(=O)O)c2ccccc2)cc([N+](=O)[O-])c1. The number of amides is 1. The zero-order chi connectivity index (χ0) is 17.0. The van der Waals surface area contributed by atoms with Gasteiger partial charge in [-0.1, -0.05) is 30.3 Å². The second kappa shape index (κ2) is 6.56. The van der Waals surface area contributed by atoms with Crippen molar-refractivity contribution in [2.24, 2.45) is 0 Å². The number of carbonyl (C=O) groups excluding carboxylic acids is 1. The molecule has 0 saturated carbocycles. The minimum absolute atomic E-state index is 0.0379. The number of nitrogens with one attached hydrogen (secondary N) is 1. The number of nitro benzene ring substituents is 1. The van der Waals surface area contributed by atoms with Crippen LogP contribution in [0.2, 0.25) is 0 Å². The van der Waals surface area contributed by atoms with Crippen LogP contribution in [0.25, 0.3) is 0 Å². The van der Waals surface area contributed by atoms with Gasteiger partial charge < -0.3 is 16.2 Å². The van der Waals surface area contributed by atoms with Crippen molar-refractivity contribution in [3.63, 3.8) is 0 Å². The van der Waals surface area contributed by atoms with Gasteiger partial charge in [-0.25, -0.2) is 4.79 Å². The number of carboxylic acid groups (broad SMARTS) is 1. The Morgan fingerprint density at radius 3 is 2.39 bits per heavy atom. The molecule has 0 fully saturated rings. The van der Waals surface area contributed by atoms with Crippen molar-refractivity contribution < 1.29 is 19.6 Å². The van der Waals surface area contributed by atoms with Gasteiger partial charge in [-0.2, -0.15) is 0 Å². The monoisotopic (exact) mass is 315 g/mol. The number of rotatable bonds is 5. The molecule has 1 atom stereocenters. The van der Waals surface area contributed by atoms with Crippen LogP contribution < -0.4 is 11.1 Å². The number of hydrogen-bond acceptors (Lipinski definition) is 5. The Balaban J connectivity index is 2.30. The molecule has 0 bridgehead atoms. The van der Waals surface area contributed by atoms with Crippen molar-refractivity contribution in [1.82, 2.24) is 5.32 Å². The third kappa shape index (κ3) is 3.82. The first kappa shape index (κ1) is 16.0. The molecule has 0 aliphatic heterocycles. The van der Waals surface area contributed by atoms with Crippen LogP contribution in [0.15, 0.2) is 48.5 Å². The number of hydrogen-bond donors (Lipinski definition) is 3. The van der Waals surface area contributed by atoms with E-state index in [9.17, 15) is 24.8 Å². The minimum Gasteiger partial charge on any atom is -0.479 e. The fourth-order valence-corrected chi connectivity index (χ4v) is 2.02. The molecule has 0 aliphatic carbocycles. The molecule has 23 heavy (non-hydrogen) atoms. The second-order valence-corrected chi connectivity index (χ2v) is 4.73. The normalized spacial score (nSPS) is 11.5. The summed E-state index contributed by atoms with van der Waals surface area (Å²) in [6, 6.07) is 10.2. The van der Waals surface area contributed by atoms with Crippen molar-refractivity contribution in [1.29, 1.82) is 0 Å². The first-order valence-electron chi connectivity index (χ1n) is 6.52. The predicted octanol–water partition coefficient (Wildman–Crippen LogP) is 1.73. The van der Waals surface area contributed by atoms with Gasteiger partial charge in [-0.05, 0) is 11.6 Å². The van der Waals surface area contributed by atoms with Crippen molar-refractivity contribution in [3.05, 3.63) is 69.8 Å². The molecule has 2 rings (SSSR count). The summed E-state index contributed by atoms with van der Waals surface area (Å²) in [6.07, 6.45) is 0. The summed E-state index contributed by atoms with van der Waals surface area (Å²) in [5.41, 5.74) is 5.53. The number of anilines is 1. The number of carbonyl (C=O) groups is 2. The van der Waals surface area contributed by atoms with Crippen LogP contribution in [0.1, 0.15) is 22.0 Å². The zero-order valence-corrected chi connectivity index (χ0v) is 11.8. The number of nitro groups is 1. The first-order valence-corrected chi connectivity index (χ1v) is 6.52. The highest BCUT2D eigenvalue weighted by Crippen LogP contribution is 2.20. The Morgan fingerprint density at radius 1 is 1.17 bits per heavy atom. The Kier molecular flexibility index (Phi) is 4.55. The summed E-state index contributed by atoms with van der Waals surface area (Å²) >= 11 is 0. The van der Waals surface area contributed by atoms with E-state index in [1.165, 1.54) is 6.07 Å². The highest BCUT2D eigenvalue weighted by atomic mass is 16.6. The van der Waals surface area contributed by atoms with Crippen LogP contribution in [-0.2, 0) is 4.79 Å². The van der Waals surface area contributed by atoms with E-state index in [2.05, 4.69) is 5.32 Å². The highest BCUT2D eigenvalue weighted by molar-refractivity contribution is 5.98. The summed E-state index contributed by atoms with van der Waals surface area (Å²) in [5.74, 6) is -2.01. The first-order chi connectivity index (χ1) is 10.9. The predicted molar refractivity (Wildman–Crippen MR) is 81.8 cm³/mol. The van der Waals surface area contributed by atoms with E-state index < -0.39 is 22.8 Å². The van der Waals surface area contributed by atoms with Crippen LogP contribution in [0.5, 0.6) is 0 Å². The van der Waals surface area contributed by atoms with E-state index in [0.717, 1.165) is 12.1 Å². The average molecular weight is 315 g/mol. The third-order valence-corrected chi connectivity index (χ3v) is 3.07. The molecule has 0 radical (unpaired) electrons. The zero-order valence-electron chi connectivity index (χ0n) is 11.8. The molecule has 8 heteroatoms. The number of non-ortho nitro benzene ring substituents is 1. The smallest absolute Gasteiger partial charge is 0.330 e. The Bertz CT molecular complexity index is 761. The van der Waals surface area contributed by atoms with Gasteiger partial charge in [0.1, 0.15) is 0 Å². The number of carboxylic acids is 1. The molecule has 0 heterocycles. The van der Waals surface area contributed by atoms with E-state index in [1.54, 1.807) is 30.3 Å². The topological polar surface area (TPSA) is 136 Å². The summed E-state index contributed by atoms with van der Waals surface area (Å²) in [5, 5.41) is 22.4. The molecule has 0 aliphatic rings. The average Bonchev–Trinajstić information content (AvgIpc) is 2.52. The van der Waals surface area contributed by atoms with Crippen molar-refractivity contribution >= 4 is 23.3 Å². The van der Waals surface area contributed by atoms with Gasteiger partial charge in [-0.3, -0.25) is 14.9 Å². The number of nitrogen functional groups attached to an aromatic ring is 1. The molecule has 1 unspecified atom stereocenters. The lowest BCUT2D eigenvalue weighted by Crippen LogP contribution is -2.33. The molecular weight excluding hydrogens is 302 g/mol. The number of aliphatic carboxylic acids is 1. The molecule has 8 nitrogen and oxygen atoms in total. The van der Waals surface area contributed by atoms with Crippen molar-refractivity contribution in [2.75, 3.05) is 5.73 Å². The second-order valence-electron chi connectivity index (χ2n) is 4.73. The number of nitrogens with zero attached hydrogens (tertiary/aromatic N) is 1. The summed E-state index contributed by atoms with van der Waals surface area (Å²) in [4.78, 5) is 33.7. The maximum absolute atomic E-state index is 12.2. The lowest BCUT2D eigenvalue weighted by molar-refractivity contribution is -0.384. The van der Waals surface area contributed by atoms with E-state index in [1.807, 2.05) is 0 Å². The van der Waals surface area contributed by atoms with E-state index in [0.29, 0.717) is 5.56 Å². The van der Waals surface area contributed by atoms with Crippen molar-refractivity contribution in [2.45, 2.75) is 6.04 Å². The van der Waals surface area contributed by atoms with Gasteiger partial charge in [0.2, 0.25) is 0 Å². The maximum atomic E-state index is 12.2. The molecular formula is C15H13N3O5.